The average molecular weight is 239 g/mol. The summed E-state index contributed by atoms with van der Waals surface area (Å²) in [7, 11) is 4.56. The molecule has 0 bridgehead atoms. The Morgan fingerprint density at radius 2 is 2.29 bits per heavy atom. The number of rotatable bonds is 4. The van der Waals surface area contributed by atoms with Gasteiger partial charge in [-0.2, -0.15) is 0 Å². The van der Waals surface area contributed by atoms with Gasteiger partial charge in [-0.1, -0.05) is 6.92 Å². The summed E-state index contributed by atoms with van der Waals surface area (Å²) in [5.74, 6) is 0.886. The van der Waals surface area contributed by atoms with Crippen LogP contribution in [-0.2, 0) is 0 Å². The van der Waals surface area contributed by atoms with E-state index in [1.54, 1.807) is 0 Å². The van der Waals surface area contributed by atoms with Crippen molar-refractivity contribution in [3.05, 3.63) is 0 Å². The summed E-state index contributed by atoms with van der Waals surface area (Å²) >= 11 is 0. The number of nitrogens with one attached hydrogen (secondary N) is 1. The van der Waals surface area contributed by atoms with Crippen molar-refractivity contribution in [3.8, 4) is 0 Å². The summed E-state index contributed by atoms with van der Waals surface area (Å²) in [6.07, 6.45) is 4.14. The fourth-order valence-corrected chi connectivity index (χ4v) is 3.58. The molecule has 0 aliphatic carbocycles. The molecule has 2 unspecified atom stereocenters. The van der Waals surface area contributed by atoms with Gasteiger partial charge in [-0.05, 0) is 57.8 Å². The summed E-state index contributed by atoms with van der Waals surface area (Å²) in [5.41, 5.74) is 0.509. The standard InChI is InChI=1S/C14H29N3/c1-14(6-7-15-11-14)12-17(3)10-13-5-4-8-16(2)9-13/h13,15H,4-12H2,1-3H3. The van der Waals surface area contributed by atoms with Gasteiger partial charge < -0.3 is 15.1 Å². The van der Waals surface area contributed by atoms with Crippen molar-refractivity contribution in [2.75, 3.05) is 53.4 Å². The van der Waals surface area contributed by atoms with Crippen molar-refractivity contribution in [1.29, 1.82) is 0 Å². The molecule has 17 heavy (non-hydrogen) atoms. The molecule has 2 atom stereocenters. The van der Waals surface area contributed by atoms with Gasteiger partial charge in [0.05, 0.1) is 0 Å². The fourth-order valence-electron chi connectivity index (χ4n) is 3.58. The van der Waals surface area contributed by atoms with Crippen LogP contribution < -0.4 is 5.32 Å². The molecule has 0 radical (unpaired) electrons. The van der Waals surface area contributed by atoms with Gasteiger partial charge in [0, 0.05) is 26.2 Å². The molecule has 2 rings (SSSR count). The molecule has 2 aliphatic rings. The first-order valence-corrected chi connectivity index (χ1v) is 7.15. The third-order valence-corrected chi connectivity index (χ3v) is 4.40. The van der Waals surface area contributed by atoms with Crippen LogP contribution in [0.5, 0.6) is 0 Å². The van der Waals surface area contributed by atoms with Gasteiger partial charge in [0.2, 0.25) is 0 Å². The lowest BCUT2D eigenvalue weighted by Crippen LogP contribution is -2.41. The van der Waals surface area contributed by atoms with Gasteiger partial charge in [0.25, 0.3) is 0 Å². The van der Waals surface area contributed by atoms with Crippen molar-refractivity contribution in [3.63, 3.8) is 0 Å². The Morgan fingerprint density at radius 1 is 1.47 bits per heavy atom. The van der Waals surface area contributed by atoms with E-state index >= 15 is 0 Å². The summed E-state index contributed by atoms with van der Waals surface area (Å²) in [5, 5.41) is 3.49. The average Bonchev–Trinajstić information content (AvgIpc) is 2.64. The molecular formula is C14H29N3. The van der Waals surface area contributed by atoms with Crippen LogP contribution in [0, 0.1) is 11.3 Å². The maximum absolute atomic E-state index is 3.49. The van der Waals surface area contributed by atoms with E-state index < -0.39 is 0 Å². The molecule has 100 valence electrons. The van der Waals surface area contributed by atoms with E-state index in [0.29, 0.717) is 5.41 Å². The summed E-state index contributed by atoms with van der Waals surface area (Å²) in [4.78, 5) is 5.05. The molecule has 2 heterocycles. The Bertz CT molecular complexity index is 236. The Kier molecular flexibility index (Phi) is 4.45. The Balaban J connectivity index is 1.74. The first kappa shape index (κ1) is 13.3. The Morgan fingerprint density at radius 3 is 2.94 bits per heavy atom. The zero-order valence-electron chi connectivity index (χ0n) is 11.8. The maximum Gasteiger partial charge on any atom is 0.00450 e. The van der Waals surface area contributed by atoms with Crippen LogP contribution in [-0.4, -0.2) is 63.2 Å². The summed E-state index contributed by atoms with van der Waals surface area (Å²) in [6.45, 7) is 9.94. The number of nitrogens with zero attached hydrogens (tertiary/aromatic N) is 2. The van der Waals surface area contributed by atoms with Crippen LogP contribution in [0.25, 0.3) is 0 Å². The SMILES string of the molecule is CN1CCCC(CN(C)CC2(C)CCNC2)C1. The quantitative estimate of drug-likeness (QED) is 0.797. The third kappa shape index (κ3) is 3.94. The van der Waals surface area contributed by atoms with Gasteiger partial charge in [0.15, 0.2) is 0 Å². The van der Waals surface area contributed by atoms with E-state index in [9.17, 15) is 0 Å². The van der Waals surface area contributed by atoms with E-state index in [-0.39, 0.29) is 0 Å². The maximum atomic E-state index is 3.49. The van der Waals surface area contributed by atoms with Crippen molar-refractivity contribution >= 4 is 0 Å². The first-order chi connectivity index (χ1) is 8.07. The number of hydrogen-bond donors (Lipinski definition) is 1. The van der Waals surface area contributed by atoms with E-state index in [0.717, 1.165) is 5.92 Å². The summed E-state index contributed by atoms with van der Waals surface area (Å²) in [6, 6.07) is 0. The summed E-state index contributed by atoms with van der Waals surface area (Å²) < 4.78 is 0. The highest BCUT2D eigenvalue weighted by atomic mass is 15.1. The van der Waals surface area contributed by atoms with Crippen LogP contribution in [0.4, 0.5) is 0 Å². The molecule has 0 amide bonds. The molecule has 0 aromatic heterocycles. The third-order valence-electron chi connectivity index (χ3n) is 4.40. The van der Waals surface area contributed by atoms with Crippen LogP contribution in [0.1, 0.15) is 26.2 Å². The molecule has 0 aromatic carbocycles. The second-order valence-corrected chi connectivity index (χ2v) is 6.70. The minimum absolute atomic E-state index is 0.509. The van der Waals surface area contributed by atoms with Gasteiger partial charge >= 0.3 is 0 Å². The molecule has 1 N–H and O–H groups in total. The van der Waals surface area contributed by atoms with Crippen molar-refractivity contribution in [2.24, 2.45) is 11.3 Å². The predicted octanol–water partition coefficient (Wildman–Crippen LogP) is 1.26. The molecule has 0 saturated carbocycles. The van der Waals surface area contributed by atoms with Crippen molar-refractivity contribution < 1.29 is 0 Å². The van der Waals surface area contributed by atoms with Crippen LogP contribution in [0.3, 0.4) is 0 Å². The monoisotopic (exact) mass is 239 g/mol. The van der Waals surface area contributed by atoms with Gasteiger partial charge in [-0.15, -0.1) is 0 Å². The van der Waals surface area contributed by atoms with Crippen LogP contribution >= 0.6 is 0 Å². The highest BCUT2D eigenvalue weighted by molar-refractivity contribution is 4.86. The lowest BCUT2D eigenvalue weighted by atomic mass is 9.88. The number of piperidine rings is 1. The van der Waals surface area contributed by atoms with Crippen molar-refractivity contribution in [2.45, 2.75) is 26.2 Å². The minimum Gasteiger partial charge on any atom is -0.316 e. The molecule has 3 nitrogen and oxygen atoms in total. The van der Waals surface area contributed by atoms with Gasteiger partial charge in [-0.3, -0.25) is 0 Å². The minimum atomic E-state index is 0.509. The largest absolute Gasteiger partial charge is 0.316 e. The Hall–Kier alpha value is -0.120. The topological polar surface area (TPSA) is 18.5 Å². The van der Waals surface area contributed by atoms with E-state index in [1.165, 1.54) is 58.5 Å². The zero-order valence-corrected chi connectivity index (χ0v) is 11.8. The normalized spacial score (nSPS) is 35.6. The number of hydrogen-bond acceptors (Lipinski definition) is 3. The molecule has 0 aromatic rings. The fraction of sp³-hybridized carbons (Fsp3) is 1.00. The second-order valence-electron chi connectivity index (χ2n) is 6.70. The van der Waals surface area contributed by atoms with Crippen LogP contribution in [0.15, 0.2) is 0 Å². The molecule has 0 spiro atoms. The molecule has 2 aliphatic heterocycles. The number of likely N-dealkylation sites (tertiary alicyclic amines) is 1. The first-order valence-electron chi connectivity index (χ1n) is 7.15. The lowest BCUT2D eigenvalue weighted by molar-refractivity contribution is 0.138. The highest BCUT2D eigenvalue weighted by Crippen LogP contribution is 2.26. The molecule has 3 heteroatoms. The van der Waals surface area contributed by atoms with Crippen LogP contribution in [0.2, 0.25) is 0 Å². The highest BCUT2D eigenvalue weighted by Gasteiger charge is 2.30. The van der Waals surface area contributed by atoms with Gasteiger partial charge in [0.1, 0.15) is 0 Å². The molecule has 2 saturated heterocycles. The zero-order chi connectivity index (χ0) is 12.3. The smallest absolute Gasteiger partial charge is 0.00450 e. The predicted molar refractivity (Wildman–Crippen MR) is 73.3 cm³/mol. The lowest BCUT2D eigenvalue weighted by Gasteiger charge is -2.35. The molecule has 2 fully saturated rings. The second kappa shape index (κ2) is 5.68. The van der Waals surface area contributed by atoms with E-state index in [1.807, 2.05) is 0 Å². The van der Waals surface area contributed by atoms with Crippen molar-refractivity contribution in [1.82, 2.24) is 15.1 Å². The van der Waals surface area contributed by atoms with Gasteiger partial charge in [-0.25, -0.2) is 0 Å². The Labute approximate surface area is 107 Å². The van der Waals surface area contributed by atoms with E-state index in [2.05, 4.69) is 36.1 Å². The molecular weight excluding hydrogens is 210 g/mol. The van der Waals surface area contributed by atoms with E-state index in [4.69, 9.17) is 0 Å².